The molecule has 1 aliphatic carbocycles. The van der Waals surface area contributed by atoms with Gasteiger partial charge in [-0.2, -0.15) is 9.97 Å². The Morgan fingerprint density at radius 2 is 2.00 bits per heavy atom. The topological polar surface area (TPSA) is 71.0 Å². The zero-order chi connectivity index (χ0) is 30.2. The lowest BCUT2D eigenvalue weighted by Gasteiger charge is -2.44. The number of halogens is 2. The van der Waals surface area contributed by atoms with E-state index in [1.807, 2.05) is 0 Å². The van der Waals surface area contributed by atoms with E-state index in [9.17, 15) is 9.50 Å². The van der Waals surface area contributed by atoms with Crippen LogP contribution in [0.1, 0.15) is 44.1 Å². The number of phenols is 1. The van der Waals surface area contributed by atoms with E-state index in [0.717, 1.165) is 45.1 Å². The fourth-order valence-electron chi connectivity index (χ4n) is 8.44. The number of piperidine rings is 1. The quantitative estimate of drug-likeness (QED) is 0.282. The summed E-state index contributed by atoms with van der Waals surface area (Å²) >= 11 is 0. The largest absolute Gasteiger partial charge is 0.508 e. The smallest absolute Gasteiger partial charge is 0.319 e. The van der Waals surface area contributed by atoms with Crippen LogP contribution in [0.25, 0.3) is 32.8 Å². The first-order valence-electron chi connectivity index (χ1n) is 15.5. The summed E-state index contributed by atoms with van der Waals surface area (Å²) in [6, 6.07) is 9.88. The van der Waals surface area contributed by atoms with Crippen LogP contribution in [0, 0.1) is 29.4 Å². The number of anilines is 1. The van der Waals surface area contributed by atoms with Crippen molar-refractivity contribution < 1.29 is 23.4 Å². The second-order valence-corrected chi connectivity index (χ2v) is 13.0. The van der Waals surface area contributed by atoms with Gasteiger partial charge in [-0.05, 0) is 80.9 Å². The van der Waals surface area contributed by atoms with Crippen LogP contribution in [0.15, 0.2) is 36.4 Å². The summed E-state index contributed by atoms with van der Waals surface area (Å²) < 4.78 is 43.9. The number of hydrogen-bond donors (Lipinski definition) is 1. The highest BCUT2D eigenvalue weighted by Crippen LogP contribution is 2.48. The minimum Gasteiger partial charge on any atom is -0.508 e. The number of terminal acetylenes is 1. The van der Waals surface area contributed by atoms with Gasteiger partial charge >= 0.3 is 6.01 Å². The molecule has 1 saturated carbocycles. The van der Waals surface area contributed by atoms with Crippen molar-refractivity contribution >= 4 is 27.5 Å². The van der Waals surface area contributed by atoms with E-state index in [2.05, 4.69) is 27.8 Å². The minimum absolute atomic E-state index is 0.0142. The van der Waals surface area contributed by atoms with Crippen molar-refractivity contribution in [2.75, 3.05) is 38.3 Å². The van der Waals surface area contributed by atoms with E-state index in [4.69, 9.17) is 20.9 Å². The minimum atomic E-state index is -0.606. The molecule has 4 fully saturated rings. The van der Waals surface area contributed by atoms with Gasteiger partial charge in [0, 0.05) is 34.3 Å². The van der Waals surface area contributed by atoms with Gasteiger partial charge in [0.25, 0.3) is 0 Å². The first-order chi connectivity index (χ1) is 21.3. The number of aromatic nitrogens is 2. The van der Waals surface area contributed by atoms with Crippen molar-refractivity contribution in [3.05, 3.63) is 53.6 Å². The number of hydrogen-bond acceptors (Lipinski definition) is 7. The van der Waals surface area contributed by atoms with Gasteiger partial charge in [-0.3, -0.25) is 0 Å². The van der Waals surface area contributed by atoms with Crippen molar-refractivity contribution in [3.8, 4) is 35.2 Å². The molecular formula is C35H34F2N4O3. The molecule has 4 aliphatic rings. The summed E-state index contributed by atoms with van der Waals surface area (Å²) in [4.78, 5) is 14.2. The first kappa shape index (κ1) is 27.5. The van der Waals surface area contributed by atoms with Crippen molar-refractivity contribution in [2.24, 2.45) is 5.41 Å². The van der Waals surface area contributed by atoms with Crippen LogP contribution in [0.3, 0.4) is 0 Å². The van der Waals surface area contributed by atoms with Crippen LogP contribution in [-0.2, 0) is 4.74 Å². The Bertz CT molecular complexity index is 1860. The molecule has 0 unspecified atom stereocenters. The molecule has 44 heavy (non-hydrogen) atoms. The van der Waals surface area contributed by atoms with E-state index < -0.39 is 11.6 Å². The SMILES string of the molecule is C#Cc1c(F)ccc2cc(O)cc(-c3ccc4c(N5C[C@H]6C[C@@H]5CO6)nc(OC[C@]56CCC[C@H]5N(C)CCC6)nc4c3F)c12. The number of fused-ring (bicyclic) bond motifs is 5. The third-order valence-corrected chi connectivity index (χ3v) is 10.5. The Hall–Kier alpha value is -4.00. The molecule has 4 atom stereocenters. The van der Waals surface area contributed by atoms with E-state index in [-0.39, 0.29) is 46.0 Å². The Balaban J connectivity index is 1.27. The molecule has 4 heterocycles. The molecule has 1 aromatic heterocycles. The van der Waals surface area contributed by atoms with E-state index >= 15 is 4.39 Å². The maximum atomic E-state index is 16.8. The van der Waals surface area contributed by atoms with E-state index in [0.29, 0.717) is 53.3 Å². The molecule has 3 aromatic carbocycles. The second kappa shape index (κ2) is 10.3. The molecule has 0 amide bonds. The molecular weight excluding hydrogens is 562 g/mol. The second-order valence-electron chi connectivity index (χ2n) is 13.0. The third kappa shape index (κ3) is 4.22. The molecule has 3 saturated heterocycles. The Kier molecular flexibility index (Phi) is 6.44. The molecule has 226 valence electrons. The molecule has 7 nitrogen and oxygen atoms in total. The van der Waals surface area contributed by atoms with Crippen LogP contribution in [0.4, 0.5) is 14.6 Å². The summed E-state index contributed by atoms with van der Waals surface area (Å²) in [5.41, 5.74) is 0.609. The third-order valence-electron chi connectivity index (χ3n) is 10.5. The predicted octanol–water partition coefficient (Wildman–Crippen LogP) is 6.04. The number of benzene rings is 3. The van der Waals surface area contributed by atoms with Gasteiger partial charge in [0.2, 0.25) is 0 Å². The number of aromatic hydroxyl groups is 1. The maximum absolute atomic E-state index is 16.8. The standard InChI is InChI=1S/C35H34F2N4O3/c1-3-24-28(36)10-7-20-14-22(42)16-27(30(20)24)25-8-9-26-32(31(25)37)38-34(39-33(26)41-17-23-15-21(41)18-43-23)44-19-35-11-4-6-29(35)40(2)13-5-12-35/h1,7-10,14,16,21,23,29,42H,4-6,11-13,15,17-19H2,2H3/t21-,23-,29-,35-/m1/s1. The van der Waals surface area contributed by atoms with Crippen LogP contribution < -0.4 is 9.64 Å². The van der Waals surface area contributed by atoms with E-state index in [1.165, 1.54) is 24.3 Å². The van der Waals surface area contributed by atoms with Gasteiger partial charge < -0.3 is 24.4 Å². The van der Waals surface area contributed by atoms with Gasteiger partial charge in [0.05, 0.1) is 30.9 Å². The van der Waals surface area contributed by atoms with Crippen molar-refractivity contribution in [3.63, 3.8) is 0 Å². The Morgan fingerprint density at radius 1 is 1.14 bits per heavy atom. The Morgan fingerprint density at radius 3 is 2.80 bits per heavy atom. The fraction of sp³-hybridized carbons (Fsp3) is 0.429. The number of nitrogens with zero attached hydrogens (tertiary/aromatic N) is 4. The molecule has 0 spiro atoms. The normalized spacial score (nSPS) is 26.4. The number of likely N-dealkylation sites (tertiary alicyclic amines) is 1. The summed E-state index contributed by atoms with van der Waals surface area (Å²) in [6.45, 7) is 2.83. The number of morpholine rings is 1. The lowest BCUT2D eigenvalue weighted by Crippen LogP contribution is -2.50. The fourth-order valence-corrected chi connectivity index (χ4v) is 8.44. The molecule has 8 rings (SSSR count). The summed E-state index contributed by atoms with van der Waals surface area (Å²) in [6.07, 6.45) is 12.3. The van der Waals surface area contributed by atoms with Crippen molar-refractivity contribution in [1.82, 2.24) is 14.9 Å². The van der Waals surface area contributed by atoms with E-state index in [1.54, 1.807) is 12.1 Å². The molecule has 3 aliphatic heterocycles. The monoisotopic (exact) mass is 596 g/mol. The van der Waals surface area contributed by atoms with Crippen LogP contribution >= 0.6 is 0 Å². The highest BCUT2D eigenvalue weighted by molar-refractivity contribution is 6.04. The highest BCUT2D eigenvalue weighted by Gasteiger charge is 2.47. The summed E-state index contributed by atoms with van der Waals surface area (Å²) in [7, 11) is 2.19. The van der Waals surface area contributed by atoms with Crippen LogP contribution in [-0.4, -0.2) is 71.5 Å². The summed E-state index contributed by atoms with van der Waals surface area (Å²) in [5.74, 6) is 1.77. The molecule has 1 N–H and O–H groups in total. The molecule has 0 radical (unpaired) electrons. The van der Waals surface area contributed by atoms with Gasteiger partial charge in [0.1, 0.15) is 22.9 Å². The van der Waals surface area contributed by atoms with Crippen molar-refractivity contribution in [2.45, 2.75) is 56.7 Å². The molecule has 2 bridgehead atoms. The predicted molar refractivity (Wildman–Crippen MR) is 165 cm³/mol. The van der Waals surface area contributed by atoms with Gasteiger partial charge in [-0.15, -0.1) is 6.42 Å². The van der Waals surface area contributed by atoms with Crippen LogP contribution in [0.2, 0.25) is 0 Å². The zero-order valence-electron chi connectivity index (χ0n) is 24.7. The Labute approximate surface area is 254 Å². The van der Waals surface area contributed by atoms with Gasteiger partial charge in [0.15, 0.2) is 5.82 Å². The zero-order valence-corrected chi connectivity index (χ0v) is 24.7. The highest BCUT2D eigenvalue weighted by atomic mass is 19.1. The average Bonchev–Trinajstić information content (AvgIpc) is 3.77. The van der Waals surface area contributed by atoms with Gasteiger partial charge in [-0.25, -0.2) is 8.78 Å². The lowest BCUT2D eigenvalue weighted by molar-refractivity contribution is 0.0133. The number of rotatable bonds is 5. The summed E-state index contributed by atoms with van der Waals surface area (Å²) in [5, 5.41) is 12.0. The molecule has 4 aromatic rings. The van der Waals surface area contributed by atoms with Crippen LogP contribution in [0.5, 0.6) is 11.8 Å². The number of ether oxygens (including phenoxy) is 2. The number of phenolic OH excluding ortho intramolecular Hbond substituents is 1. The average molecular weight is 597 g/mol. The maximum Gasteiger partial charge on any atom is 0.319 e. The van der Waals surface area contributed by atoms with Gasteiger partial charge in [-0.1, -0.05) is 24.5 Å². The van der Waals surface area contributed by atoms with Crippen molar-refractivity contribution in [1.29, 1.82) is 0 Å². The lowest BCUT2D eigenvalue weighted by atomic mass is 9.76. The molecule has 9 heteroatoms. The first-order valence-corrected chi connectivity index (χ1v) is 15.5.